The fraction of sp³-hybridized carbons (Fsp3) is 0.167. The Kier molecular flexibility index (Phi) is 3.57. The SMILES string of the molecule is CCc1c(O)n(-c2ccc(Br)cc2F)c(=O)[nH]c1=O. The van der Waals surface area contributed by atoms with Crippen molar-refractivity contribution in [3.05, 3.63) is 54.9 Å². The van der Waals surface area contributed by atoms with E-state index in [1.54, 1.807) is 6.92 Å². The van der Waals surface area contributed by atoms with Crippen molar-refractivity contribution in [2.45, 2.75) is 13.3 Å². The van der Waals surface area contributed by atoms with E-state index in [0.717, 1.165) is 10.6 Å². The molecule has 0 fully saturated rings. The van der Waals surface area contributed by atoms with Gasteiger partial charge in [-0.05, 0) is 24.6 Å². The van der Waals surface area contributed by atoms with Crippen molar-refractivity contribution in [3.63, 3.8) is 0 Å². The van der Waals surface area contributed by atoms with Crippen molar-refractivity contribution in [1.82, 2.24) is 9.55 Å². The van der Waals surface area contributed by atoms with Crippen LogP contribution in [0.3, 0.4) is 0 Å². The predicted molar refractivity (Wildman–Crippen MR) is 71.4 cm³/mol. The molecule has 0 aliphatic heterocycles. The average Bonchev–Trinajstić information content (AvgIpc) is 2.31. The lowest BCUT2D eigenvalue weighted by Gasteiger charge is -2.11. The Labute approximate surface area is 115 Å². The fourth-order valence-corrected chi connectivity index (χ4v) is 2.10. The van der Waals surface area contributed by atoms with Crippen LogP contribution in [0, 0.1) is 5.82 Å². The number of nitrogens with zero attached hydrogens (tertiary/aromatic N) is 1. The highest BCUT2D eigenvalue weighted by atomic mass is 79.9. The third kappa shape index (κ3) is 2.33. The number of benzene rings is 1. The molecule has 1 aromatic carbocycles. The maximum Gasteiger partial charge on any atom is 0.335 e. The van der Waals surface area contributed by atoms with Crippen LogP contribution in [0.15, 0.2) is 32.3 Å². The minimum Gasteiger partial charge on any atom is -0.494 e. The molecule has 2 rings (SSSR count). The molecule has 0 aliphatic rings. The van der Waals surface area contributed by atoms with Gasteiger partial charge in [0.15, 0.2) is 0 Å². The first-order chi connectivity index (χ1) is 8.95. The Morgan fingerprint density at radius 1 is 1.42 bits per heavy atom. The zero-order valence-corrected chi connectivity index (χ0v) is 11.5. The number of aromatic hydroxyl groups is 1. The van der Waals surface area contributed by atoms with E-state index in [1.165, 1.54) is 12.1 Å². The first-order valence-corrected chi connectivity index (χ1v) is 6.27. The van der Waals surface area contributed by atoms with E-state index in [1.807, 2.05) is 0 Å². The van der Waals surface area contributed by atoms with Crippen LogP contribution in [-0.4, -0.2) is 14.7 Å². The largest absolute Gasteiger partial charge is 0.494 e. The number of nitrogens with one attached hydrogen (secondary N) is 1. The zero-order chi connectivity index (χ0) is 14.2. The second kappa shape index (κ2) is 5.00. The summed E-state index contributed by atoms with van der Waals surface area (Å²) in [6.07, 6.45) is 0.222. The molecule has 0 amide bonds. The number of rotatable bonds is 2. The van der Waals surface area contributed by atoms with Gasteiger partial charge in [-0.1, -0.05) is 22.9 Å². The molecule has 100 valence electrons. The summed E-state index contributed by atoms with van der Waals surface area (Å²) in [6.45, 7) is 1.65. The molecule has 2 N–H and O–H groups in total. The molecule has 0 saturated carbocycles. The van der Waals surface area contributed by atoms with Crippen LogP contribution >= 0.6 is 15.9 Å². The van der Waals surface area contributed by atoms with E-state index in [4.69, 9.17) is 0 Å². The lowest BCUT2D eigenvalue weighted by atomic mass is 10.2. The Balaban J connectivity index is 2.83. The van der Waals surface area contributed by atoms with Crippen molar-refractivity contribution in [3.8, 4) is 11.6 Å². The molecule has 2 aromatic rings. The molecule has 0 saturated heterocycles. The van der Waals surface area contributed by atoms with Gasteiger partial charge in [-0.25, -0.2) is 13.8 Å². The van der Waals surface area contributed by atoms with Crippen molar-refractivity contribution in [2.24, 2.45) is 0 Å². The van der Waals surface area contributed by atoms with Gasteiger partial charge >= 0.3 is 5.69 Å². The normalized spacial score (nSPS) is 10.7. The first-order valence-electron chi connectivity index (χ1n) is 5.48. The number of hydrogen-bond acceptors (Lipinski definition) is 3. The quantitative estimate of drug-likeness (QED) is 0.881. The summed E-state index contributed by atoms with van der Waals surface area (Å²) >= 11 is 3.10. The van der Waals surface area contributed by atoms with Crippen LogP contribution < -0.4 is 11.2 Å². The lowest BCUT2D eigenvalue weighted by Crippen LogP contribution is -2.31. The minimum atomic E-state index is -0.888. The van der Waals surface area contributed by atoms with Gasteiger partial charge in [-0.15, -0.1) is 0 Å². The maximum absolute atomic E-state index is 13.8. The van der Waals surface area contributed by atoms with Crippen molar-refractivity contribution >= 4 is 15.9 Å². The Bertz CT molecular complexity index is 752. The van der Waals surface area contributed by atoms with Gasteiger partial charge in [-0.3, -0.25) is 9.78 Å². The summed E-state index contributed by atoms with van der Waals surface area (Å²) in [7, 11) is 0. The summed E-state index contributed by atoms with van der Waals surface area (Å²) in [4.78, 5) is 25.3. The summed E-state index contributed by atoms with van der Waals surface area (Å²) in [6, 6.07) is 4.03. The third-order valence-corrected chi connectivity index (χ3v) is 3.18. The van der Waals surface area contributed by atoms with Crippen molar-refractivity contribution < 1.29 is 9.50 Å². The standard InChI is InChI=1S/C12H10BrFN2O3/c1-2-7-10(17)15-12(19)16(11(7)18)9-4-3-6(13)5-8(9)14/h3-5,18H,2H2,1H3,(H,15,17,19). The summed E-state index contributed by atoms with van der Waals surface area (Å²) in [5.41, 5.74) is -1.65. The molecule has 0 unspecified atom stereocenters. The monoisotopic (exact) mass is 328 g/mol. The molecule has 0 radical (unpaired) electrons. The molecule has 1 aromatic heterocycles. The topological polar surface area (TPSA) is 75.1 Å². The molecule has 7 heteroatoms. The van der Waals surface area contributed by atoms with Gasteiger partial charge in [0.25, 0.3) is 5.56 Å². The molecule has 5 nitrogen and oxygen atoms in total. The van der Waals surface area contributed by atoms with Crippen LogP contribution in [0.5, 0.6) is 5.88 Å². The average molecular weight is 329 g/mol. The highest BCUT2D eigenvalue weighted by Crippen LogP contribution is 2.22. The van der Waals surface area contributed by atoms with E-state index in [2.05, 4.69) is 20.9 Å². The van der Waals surface area contributed by atoms with Crippen molar-refractivity contribution in [2.75, 3.05) is 0 Å². The van der Waals surface area contributed by atoms with Gasteiger partial charge in [0.2, 0.25) is 5.88 Å². The number of hydrogen-bond donors (Lipinski definition) is 2. The predicted octanol–water partition coefficient (Wildman–Crippen LogP) is 1.70. The molecular weight excluding hydrogens is 319 g/mol. The van der Waals surface area contributed by atoms with Gasteiger partial charge in [-0.2, -0.15) is 0 Å². The summed E-state index contributed by atoms with van der Waals surface area (Å²) in [5, 5.41) is 9.96. The molecule has 0 atom stereocenters. The van der Waals surface area contributed by atoms with Crippen LogP contribution in [0.1, 0.15) is 12.5 Å². The molecule has 0 aliphatic carbocycles. The van der Waals surface area contributed by atoms with Crippen molar-refractivity contribution in [1.29, 1.82) is 0 Å². The third-order valence-electron chi connectivity index (χ3n) is 2.68. The van der Waals surface area contributed by atoms with Gasteiger partial charge in [0.1, 0.15) is 5.82 Å². The van der Waals surface area contributed by atoms with Crippen LogP contribution in [0.2, 0.25) is 0 Å². The fourth-order valence-electron chi connectivity index (χ4n) is 1.77. The highest BCUT2D eigenvalue weighted by molar-refractivity contribution is 9.10. The van der Waals surface area contributed by atoms with Gasteiger partial charge in [0, 0.05) is 4.47 Å². The van der Waals surface area contributed by atoms with Gasteiger partial charge < -0.3 is 5.11 Å². The molecule has 0 spiro atoms. The van der Waals surface area contributed by atoms with E-state index in [9.17, 15) is 19.1 Å². The summed E-state index contributed by atoms with van der Waals surface area (Å²) < 4.78 is 15.1. The minimum absolute atomic E-state index is 0.0296. The Morgan fingerprint density at radius 3 is 2.68 bits per heavy atom. The lowest BCUT2D eigenvalue weighted by molar-refractivity contribution is 0.420. The summed E-state index contributed by atoms with van der Waals surface area (Å²) in [5.74, 6) is -1.24. The molecule has 19 heavy (non-hydrogen) atoms. The Morgan fingerprint density at radius 2 is 2.11 bits per heavy atom. The Hall–Kier alpha value is -1.89. The maximum atomic E-state index is 13.8. The van der Waals surface area contributed by atoms with E-state index >= 15 is 0 Å². The molecular formula is C12H10BrFN2O3. The zero-order valence-electron chi connectivity index (χ0n) is 9.91. The van der Waals surface area contributed by atoms with Crippen LogP contribution in [0.25, 0.3) is 5.69 Å². The molecule has 1 heterocycles. The van der Waals surface area contributed by atoms with E-state index in [-0.39, 0.29) is 17.7 Å². The number of H-pyrrole nitrogens is 1. The number of aromatic nitrogens is 2. The second-order valence-corrected chi connectivity index (χ2v) is 4.76. The number of aromatic amines is 1. The number of halogens is 2. The van der Waals surface area contributed by atoms with E-state index < -0.39 is 22.9 Å². The van der Waals surface area contributed by atoms with Crippen LogP contribution in [-0.2, 0) is 6.42 Å². The van der Waals surface area contributed by atoms with Crippen LogP contribution in [0.4, 0.5) is 4.39 Å². The van der Waals surface area contributed by atoms with Gasteiger partial charge in [0.05, 0.1) is 11.3 Å². The smallest absolute Gasteiger partial charge is 0.335 e. The van der Waals surface area contributed by atoms with E-state index in [0.29, 0.717) is 4.47 Å². The highest BCUT2D eigenvalue weighted by Gasteiger charge is 2.16. The molecule has 0 bridgehead atoms. The second-order valence-electron chi connectivity index (χ2n) is 3.85. The first kappa shape index (κ1) is 13.5.